The number of aliphatic imine (C=N–C) groups is 2. The first kappa shape index (κ1) is 16.7. The third kappa shape index (κ3) is 3.24. The molecule has 6 nitrogen and oxygen atoms in total. The van der Waals surface area contributed by atoms with Crippen molar-refractivity contribution < 1.29 is 9.53 Å². The Bertz CT molecular complexity index is 774. The lowest BCUT2D eigenvalue weighted by atomic mass is 9.83. The molecule has 2 aromatic rings. The minimum atomic E-state index is -1.19. The molecule has 3 rings (SSSR count). The van der Waals surface area contributed by atoms with Gasteiger partial charge in [-0.05, 0) is 25.0 Å². The van der Waals surface area contributed by atoms with Gasteiger partial charge in [-0.15, -0.1) is 0 Å². The highest BCUT2D eigenvalue weighted by Crippen LogP contribution is 2.36. The molecule has 0 bridgehead atoms. The van der Waals surface area contributed by atoms with Crippen LogP contribution in [0.4, 0.5) is 0 Å². The lowest BCUT2D eigenvalue weighted by Crippen LogP contribution is -2.38. The van der Waals surface area contributed by atoms with Gasteiger partial charge in [0.1, 0.15) is 0 Å². The Hall–Kier alpha value is -3.15. The summed E-state index contributed by atoms with van der Waals surface area (Å²) in [6, 6.07) is 18.7. The summed E-state index contributed by atoms with van der Waals surface area (Å²) in [5.74, 6) is -0.142. The molecular weight excluding hydrogens is 316 g/mol. The summed E-state index contributed by atoms with van der Waals surface area (Å²) in [5.41, 5.74) is 6.08. The van der Waals surface area contributed by atoms with E-state index in [0.717, 1.165) is 11.1 Å². The Morgan fingerprint density at radius 1 is 1.08 bits per heavy atom. The number of hydrogen-bond donors (Lipinski definition) is 2. The summed E-state index contributed by atoms with van der Waals surface area (Å²) in [7, 11) is 0. The van der Waals surface area contributed by atoms with Crippen LogP contribution in [0.1, 0.15) is 25.0 Å². The van der Waals surface area contributed by atoms with E-state index in [-0.39, 0.29) is 24.0 Å². The van der Waals surface area contributed by atoms with Crippen molar-refractivity contribution in [3.05, 3.63) is 71.8 Å². The highest BCUT2D eigenvalue weighted by atomic mass is 16.5. The molecule has 0 aliphatic carbocycles. The van der Waals surface area contributed by atoms with Gasteiger partial charge in [0, 0.05) is 0 Å². The second-order valence-electron chi connectivity index (χ2n) is 5.95. The average molecular weight is 336 g/mol. The lowest BCUT2D eigenvalue weighted by molar-refractivity contribution is -0.122. The van der Waals surface area contributed by atoms with Crippen LogP contribution in [-0.4, -0.2) is 24.0 Å². The lowest BCUT2D eigenvalue weighted by Gasteiger charge is -2.24. The van der Waals surface area contributed by atoms with Crippen LogP contribution in [0, 0.1) is 0 Å². The van der Waals surface area contributed by atoms with Crippen molar-refractivity contribution in [2.45, 2.75) is 25.5 Å². The van der Waals surface area contributed by atoms with E-state index in [1.807, 2.05) is 74.5 Å². The van der Waals surface area contributed by atoms with Gasteiger partial charge in [0.25, 0.3) is 11.9 Å². The van der Waals surface area contributed by atoms with E-state index < -0.39 is 5.54 Å². The van der Waals surface area contributed by atoms with E-state index in [0.29, 0.717) is 0 Å². The van der Waals surface area contributed by atoms with Crippen LogP contribution in [0.15, 0.2) is 70.6 Å². The minimum Gasteiger partial charge on any atom is -0.462 e. The first-order valence-corrected chi connectivity index (χ1v) is 8.05. The Morgan fingerprint density at radius 2 is 1.60 bits per heavy atom. The molecule has 0 saturated carbocycles. The zero-order valence-corrected chi connectivity index (χ0v) is 14.1. The number of carbonyl (C=O) groups is 1. The zero-order valence-electron chi connectivity index (χ0n) is 14.1. The second kappa shape index (κ2) is 6.76. The van der Waals surface area contributed by atoms with E-state index in [2.05, 4.69) is 15.3 Å². The Morgan fingerprint density at radius 3 is 2.08 bits per heavy atom. The second-order valence-corrected chi connectivity index (χ2v) is 5.95. The maximum absolute atomic E-state index is 12.9. The van der Waals surface area contributed by atoms with Gasteiger partial charge < -0.3 is 10.5 Å². The molecule has 0 atom stereocenters. The summed E-state index contributed by atoms with van der Waals surface area (Å²) in [5, 5.41) is 2.71. The number of amides is 1. The molecule has 25 heavy (non-hydrogen) atoms. The summed E-state index contributed by atoms with van der Waals surface area (Å²) < 4.78 is 5.32. The summed E-state index contributed by atoms with van der Waals surface area (Å²) in [4.78, 5) is 21.6. The molecule has 6 heteroatoms. The van der Waals surface area contributed by atoms with Gasteiger partial charge in [-0.1, -0.05) is 60.7 Å². The highest BCUT2D eigenvalue weighted by Gasteiger charge is 2.47. The molecule has 2 aromatic carbocycles. The number of nitrogens with zero attached hydrogens (tertiary/aromatic N) is 2. The van der Waals surface area contributed by atoms with E-state index in [9.17, 15) is 4.79 Å². The molecule has 3 N–H and O–H groups in total. The molecule has 1 amide bonds. The topological polar surface area (TPSA) is 89.1 Å². The van der Waals surface area contributed by atoms with Crippen LogP contribution >= 0.6 is 0 Å². The Labute approximate surface area is 146 Å². The molecule has 0 spiro atoms. The van der Waals surface area contributed by atoms with Gasteiger partial charge in [0.15, 0.2) is 5.54 Å². The first-order valence-electron chi connectivity index (χ1n) is 8.05. The number of amidine groups is 1. The summed E-state index contributed by atoms with van der Waals surface area (Å²) in [6.07, 6.45) is -0.116. The third-order valence-corrected chi connectivity index (χ3v) is 3.78. The fourth-order valence-corrected chi connectivity index (χ4v) is 2.77. The van der Waals surface area contributed by atoms with Gasteiger partial charge in [-0.25, -0.2) is 4.99 Å². The van der Waals surface area contributed by atoms with Crippen LogP contribution in [0.25, 0.3) is 0 Å². The predicted octanol–water partition coefficient (Wildman–Crippen LogP) is 2.16. The number of hydrogen-bond acceptors (Lipinski definition) is 4. The zero-order chi connectivity index (χ0) is 17.9. The molecule has 128 valence electrons. The molecule has 1 heterocycles. The van der Waals surface area contributed by atoms with E-state index in [1.54, 1.807) is 0 Å². The molecule has 0 aromatic heterocycles. The molecule has 1 aliphatic heterocycles. The van der Waals surface area contributed by atoms with Gasteiger partial charge in [0.05, 0.1) is 6.10 Å². The van der Waals surface area contributed by atoms with Crippen LogP contribution in [0.5, 0.6) is 0 Å². The average Bonchev–Trinajstić information content (AvgIpc) is 2.92. The molecule has 0 saturated heterocycles. The summed E-state index contributed by atoms with van der Waals surface area (Å²) in [6.45, 7) is 3.69. The number of nitrogens with two attached hydrogens (primary N) is 1. The van der Waals surface area contributed by atoms with Crippen LogP contribution in [-0.2, 0) is 15.1 Å². The fraction of sp³-hybridized carbons (Fsp3) is 0.211. The Balaban J connectivity index is 2.11. The number of ether oxygens (including phenoxy) is 1. The van der Waals surface area contributed by atoms with Gasteiger partial charge in [0.2, 0.25) is 5.96 Å². The van der Waals surface area contributed by atoms with Crippen molar-refractivity contribution >= 4 is 17.9 Å². The molecule has 0 radical (unpaired) electrons. The molecule has 0 fully saturated rings. The number of carbonyl (C=O) groups excluding carboxylic acids is 1. The monoisotopic (exact) mass is 336 g/mol. The SMILES string of the molecule is CC(C)O/C(N)=N/C1=NC(c2ccccc2)(c2ccccc2)C(=O)N1. The molecular formula is C19H20N4O2. The van der Waals surface area contributed by atoms with E-state index in [4.69, 9.17) is 10.5 Å². The van der Waals surface area contributed by atoms with Crippen molar-refractivity contribution in [1.29, 1.82) is 0 Å². The van der Waals surface area contributed by atoms with Gasteiger partial charge >= 0.3 is 0 Å². The highest BCUT2D eigenvalue weighted by molar-refractivity contribution is 6.11. The van der Waals surface area contributed by atoms with E-state index >= 15 is 0 Å². The maximum Gasteiger partial charge on any atom is 0.290 e. The molecule has 0 unspecified atom stereocenters. The Kier molecular flexibility index (Phi) is 4.52. The maximum atomic E-state index is 12.9. The third-order valence-electron chi connectivity index (χ3n) is 3.78. The smallest absolute Gasteiger partial charge is 0.290 e. The molecule has 1 aliphatic rings. The van der Waals surface area contributed by atoms with Crippen LogP contribution in [0.2, 0.25) is 0 Å². The number of rotatable bonds is 3. The quantitative estimate of drug-likeness (QED) is 0.665. The summed E-state index contributed by atoms with van der Waals surface area (Å²) >= 11 is 0. The number of guanidine groups is 1. The standard InChI is InChI=1S/C19H20N4O2/c1-13(2)25-17(20)22-18-21-16(24)19(23-18,14-9-5-3-6-10-14)15-11-7-4-8-12-15/h3-13H,1-2H3,(H3,20,21,22,23,24). The number of benzene rings is 2. The van der Waals surface area contributed by atoms with Crippen molar-refractivity contribution in [2.24, 2.45) is 15.7 Å². The fourth-order valence-electron chi connectivity index (χ4n) is 2.77. The largest absolute Gasteiger partial charge is 0.462 e. The van der Waals surface area contributed by atoms with Crippen molar-refractivity contribution in [3.8, 4) is 0 Å². The van der Waals surface area contributed by atoms with Crippen molar-refractivity contribution in [2.75, 3.05) is 0 Å². The van der Waals surface area contributed by atoms with Crippen molar-refractivity contribution in [3.63, 3.8) is 0 Å². The van der Waals surface area contributed by atoms with E-state index in [1.165, 1.54) is 0 Å². The van der Waals surface area contributed by atoms with Crippen LogP contribution in [0.3, 0.4) is 0 Å². The minimum absolute atomic E-state index is 0.0361. The van der Waals surface area contributed by atoms with Crippen molar-refractivity contribution in [1.82, 2.24) is 5.32 Å². The first-order chi connectivity index (χ1) is 12.0. The van der Waals surface area contributed by atoms with Crippen LogP contribution < -0.4 is 11.1 Å². The predicted molar refractivity (Wildman–Crippen MR) is 97.1 cm³/mol. The number of nitrogens with one attached hydrogen (secondary N) is 1. The van der Waals surface area contributed by atoms with Gasteiger partial charge in [-0.3, -0.25) is 10.1 Å². The van der Waals surface area contributed by atoms with Gasteiger partial charge in [-0.2, -0.15) is 4.99 Å². The normalized spacial score (nSPS) is 16.5.